The van der Waals surface area contributed by atoms with Crippen molar-refractivity contribution < 1.29 is 28.7 Å². The number of aromatic nitrogens is 2. The largest absolute Gasteiger partial charge is 0.453 e. The van der Waals surface area contributed by atoms with Gasteiger partial charge in [0, 0.05) is 18.8 Å². The molecule has 1 atom stereocenters. The van der Waals surface area contributed by atoms with Crippen molar-refractivity contribution in [1.82, 2.24) is 9.97 Å². The average Bonchev–Trinajstić information content (AvgIpc) is 3.09. The zero-order chi connectivity index (χ0) is 24.3. The van der Waals surface area contributed by atoms with Crippen LogP contribution in [0.4, 0.5) is 20.5 Å². The number of hydrogen-bond donors (Lipinski definition) is 1. The van der Waals surface area contributed by atoms with E-state index in [1.54, 1.807) is 26.8 Å². The zero-order valence-corrected chi connectivity index (χ0v) is 19.9. The summed E-state index contributed by atoms with van der Waals surface area (Å²) in [7, 11) is 2.76. The number of carbonyl (C=O) groups is 4. The molecule has 11 heteroatoms. The van der Waals surface area contributed by atoms with Crippen LogP contribution in [0.1, 0.15) is 59.3 Å². The van der Waals surface area contributed by atoms with Gasteiger partial charge in [0.2, 0.25) is 0 Å². The minimum Gasteiger partial charge on any atom is -0.453 e. The fourth-order valence-corrected chi connectivity index (χ4v) is 4.27. The second-order valence-electron chi connectivity index (χ2n) is 8.53. The van der Waals surface area contributed by atoms with Gasteiger partial charge < -0.3 is 9.47 Å². The molecule has 2 aromatic heterocycles. The molecule has 3 rings (SSSR count). The number of carbonyl (C=O) groups excluding carboxylic acids is 4. The van der Waals surface area contributed by atoms with Gasteiger partial charge in [0.05, 0.1) is 23.6 Å². The number of ketones is 2. The highest BCUT2D eigenvalue weighted by Crippen LogP contribution is 2.33. The molecular weight excluding hydrogens is 448 g/mol. The van der Waals surface area contributed by atoms with Crippen molar-refractivity contribution in [2.75, 3.05) is 24.4 Å². The number of ether oxygens (including phenoxy) is 2. The van der Waals surface area contributed by atoms with E-state index in [4.69, 9.17) is 4.74 Å². The Hall–Kier alpha value is -3.34. The number of nitrogens with one attached hydrogen (secondary N) is 1. The second kappa shape index (κ2) is 9.65. The molecule has 0 aromatic carbocycles. The molecule has 0 saturated heterocycles. The first kappa shape index (κ1) is 24.3. The molecule has 0 bridgehead atoms. The fraction of sp³-hybridized carbons (Fsp3) is 0.455. The number of fused-ring (bicyclic) bond motifs is 1. The Morgan fingerprint density at radius 1 is 1.24 bits per heavy atom. The minimum absolute atomic E-state index is 0.254. The van der Waals surface area contributed by atoms with E-state index in [0.29, 0.717) is 35.7 Å². The van der Waals surface area contributed by atoms with E-state index >= 15 is 0 Å². The maximum atomic E-state index is 13.1. The molecule has 33 heavy (non-hydrogen) atoms. The molecule has 0 saturated carbocycles. The summed E-state index contributed by atoms with van der Waals surface area (Å²) in [5.41, 5.74) is 0.192. The van der Waals surface area contributed by atoms with Crippen molar-refractivity contribution in [1.29, 1.82) is 0 Å². The van der Waals surface area contributed by atoms with E-state index in [0.717, 1.165) is 11.3 Å². The van der Waals surface area contributed by atoms with E-state index in [1.165, 1.54) is 31.3 Å². The number of aryl methyl sites for hydroxylation is 1. The predicted molar refractivity (Wildman–Crippen MR) is 122 cm³/mol. The van der Waals surface area contributed by atoms with Crippen molar-refractivity contribution in [3.05, 3.63) is 34.5 Å². The van der Waals surface area contributed by atoms with Gasteiger partial charge in [-0.25, -0.2) is 19.6 Å². The van der Waals surface area contributed by atoms with Crippen molar-refractivity contribution >= 4 is 46.0 Å². The van der Waals surface area contributed by atoms with Gasteiger partial charge in [-0.3, -0.25) is 19.8 Å². The van der Waals surface area contributed by atoms with E-state index in [-0.39, 0.29) is 22.3 Å². The molecule has 0 fully saturated rings. The number of pyridine rings is 1. The Morgan fingerprint density at radius 2 is 1.97 bits per heavy atom. The Balaban J connectivity index is 1.76. The van der Waals surface area contributed by atoms with Gasteiger partial charge in [0.25, 0.3) is 0 Å². The highest BCUT2D eigenvalue weighted by molar-refractivity contribution is 7.17. The topological polar surface area (TPSA) is 128 Å². The fourth-order valence-electron chi connectivity index (χ4n) is 3.27. The molecule has 1 aliphatic carbocycles. The number of Topliss-reactive ketones (excluding diaryl/α,β-unsaturated/α-hetero) is 2. The van der Waals surface area contributed by atoms with Crippen LogP contribution in [0.25, 0.3) is 0 Å². The van der Waals surface area contributed by atoms with Crippen LogP contribution < -0.4 is 10.2 Å². The number of hydrogen-bond acceptors (Lipinski definition) is 9. The third-order valence-corrected chi connectivity index (χ3v) is 5.93. The Morgan fingerprint density at radius 3 is 2.58 bits per heavy atom. The Labute approximate surface area is 195 Å². The Bertz CT molecular complexity index is 1070. The molecule has 1 unspecified atom stereocenters. The van der Waals surface area contributed by atoms with Crippen LogP contribution in [0.5, 0.6) is 0 Å². The van der Waals surface area contributed by atoms with Gasteiger partial charge in [-0.2, -0.15) is 0 Å². The maximum absolute atomic E-state index is 13.1. The first-order valence-corrected chi connectivity index (χ1v) is 11.2. The number of anilines is 2. The summed E-state index contributed by atoms with van der Waals surface area (Å²) in [6.07, 6.45) is 1.63. The van der Waals surface area contributed by atoms with Crippen molar-refractivity contribution in [2.45, 2.75) is 45.6 Å². The van der Waals surface area contributed by atoms with Crippen LogP contribution in [-0.2, 0) is 15.9 Å². The number of amides is 2. The molecular formula is C22H26N4O6S. The highest BCUT2D eigenvalue weighted by Gasteiger charge is 2.34. The molecule has 0 aliphatic heterocycles. The number of rotatable bonds is 4. The molecule has 1 aliphatic rings. The van der Waals surface area contributed by atoms with Crippen LogP contribution in [-0.4, -0.2) is 53.5 Å². The van der Waals surface area contributed by atoms with Crippen LogP contribution >= 0.6 is 11.3 Å². The molecule has 2 aromatic rings. The van der Waals surface area contributed by atoms with Crippen LogP contribution in [0.2, 0.25) is 0 Å². The summed E-state index contributed by atoms with van der Waals surface area (Å²) in [6, 6.07) is 3.08. The van der Waals surface area contributed by atoms with Gasteiger partial charge >= 0.3 is 12.2 Å². The average molecular weight is 475 g/mol. The number of thiazole rings is 1. The summed E-state index contributed by atoms with van der Waals surface area (Å²) in [4.78, 5) is 60.1. The monoisotopic (exact) mass is 474 g/mol. The second-order valence-corrected chi connectivity index (χ2v) is 9.53. The highest BCUT2D eigenvalue weighted by atomic mass is 32.1. The van der Waals surface area contributed by atoms with Crippen LogP contribution in [0, 0.1) is 5.92 Å². The Kier molecular flexibility index (Phi) is 7.11. The van der Waals surface area contributed by atoms with E-state index in [9.17, 15) is 19.2 Å². The lowest BCUT2D eigenvalue weighted by molar-refractivity contribution is 0.0587. The summed E-state index contributed by atoms with van der Waals surface area (Å²) in [5, 5.41) is 2.72. The summed E-state index contributed by atoms with van der Waals surface area (Å²) in [5.74, 6) is -1.22. The third kappa shape index (κ3) is 5.72. The lowest BCUT2D eigenvalue weighted by Crippen LogP contribution is -2.34. The van der Waals surface area contributed by atoms with Crippen LogP contribution in [0.15, 0.2) is 18.3 Å². The lowest BCUT2D eigenvalue weighted by atomic mass is 9.91. The van der Waals surface area contributed by atoms with E-state index in [2.05, 4.69) is 20.0 Å². The molecule has 1 N–H and O–H groups in total. The van der Waals surface area contributed by atoms with Gasteiger partial charge in [-0.15, -0.1) is 0 Å². The molecule has 10 nitrogen and oxygen atoms in total. The van der Waals surface area contributed by atoms with Crippen molar-refractivity contribution in [2.24, 2.45) is 5.92 Å². The first-order chi connectivity index (χ1) is 15.5. The zero-order valence-electron chi connectivity index (χ0n) is 19.1. The predicted octanol–water partition coefficient (Wildman–Crippen LogP) is 4.11. The molecule has 0 spiro atoms. The summed E-state index contributed by atoms with van der Waals surface area (Å²) < 4.78 is 9.88. The minimum atomic E-state index is -0.867. The third-order valence-electron chi connectivity index (χ3n) is 4.90. The molecule has 0 radical (unpaired) electrons. The number of nitrogens with zero attached hydrogens (tertiary/aromatic N) is 3. The SMILES string of the molecule is COC(=O)Nc1nc2c(s1)C(=O)C(C(=O)c1ccc(N(C)C(=O)OC(C)(C)C)nc1)CCC2. The van der Waals surface area contributed by atoms with Crippen LogP contribution in [0.3, 0.4) is 0 Å². The summed E-state index contributed by atoms with van der Waals surface area (Å²) >= 11 is 1.03. The van der Waals surface area contributed by atoms with Crippen molar-refractivity contribution in [3.63, 3.8) is 0 Å². The van der Waals surface area contributed by atoms with E-state index in [1.807, 2.05) is 0 Å². The van der Waals surface area contributed by atoms with Gasteiger partial charge in [-0.05, 0) is 52.2 Å². The van der Waals surface area contributed by atoms with Crippen molar-refractivity contribution in [3.8, 4) is 0 Å². The van der Waals surface area contributed by atoms with Gasteiger partial charge in [0.1, 0.15) is 11.4 Å². The summed E-state index contributed by atoms with van der Waals surface area (Å²) in [6.45, 7) is 5.29. The molecule has 2 amide bonds. The normalized spacial score (nSPS) is 15.8. The quantitative estimate of drug-likeness (QED) is 0.398. The van der Waals surface area contributed by atoms with Gasteiger partial charge in [-0.1, -0.05) is 11.3 Å². The first-order valence-electron chi connectivity index (χ1n) is 10.4. The molecule has 2 heterocycles. The lowest BCUT2D eigenvalue weighted by Gasteiger charge is -2.24. The number of methoxy groups -OCH3 is 1. The van der Waals surface area contributed by atoms with Gasteiger partial charge in [0.15, 0.2) is 16.7 Å². The smallest absolute Gasteiger partial charge is 0.415 e. The van der Waals surface area contributed by atoms with E-state index < -0.39 is 23.7 Å². The molecule has 176 valence electrons. The standard InChI is InChI=1S/C22H26N4O6S/c1-22(2,3)32-21(30)26(4)15-10-9-12(11-23-15)16(27)13-7-6-8-14-18(17(13)28)33-19(24-14)25-20(29)31-5/h9-11,13H,6-8H2,1-5H3,(H,24,25,29). The maximum Gasteiger partial charge on any atom is 0.415 e.